The Kier molecular flexibility index (Phi) is 5.23. The van der Waals surface area contributed by atoms with E-state index in [2.05, 4.69) is 27.8 Å². The summed E-state index contributed by atoms with van der Waals surface area (Å²) < 4.78 is 1.94. The number of aromatic nitrogens is 2. The van der Waals surface area contributed by atoms with Crippen molar-refractivity contribution in [3.05, 3.63) is 40.6 Å². The van der Waals surface area contributed by atoms with Crippen LogP contribution in [-0.2, 0) is 19.0 Å². The molecule has 2 heterocycles. The highest BCUT2D eigenvalue weighted by atomic mass is 32.1. The Hall–Kier alpha value is -1.82. The van der Waals surface area contributed by atoms with Crippen molar-refractivity contribution in [3.63, 3.8) is 0 Å². The number of hydrogen-bond acceptors (Lipinski definition) is 3. The van der Waals surface area contributed by atoms with Crippen molar-refractivity contribution < 1.29 is 4.79 Å². The van der Waals surface area contributed by atoms with E-state index in [1.54, 1.807) is 11.1 Å². The smallest absolute Gasteiger partial charge is 0.317 e. The normalized spacial score (nSPS) is 16.8. The van der Waals surface area contributed by atoms with Crippen molar-refractivity contribution >= 4 is 17.4 Å². The molecule has 0 atom stereocenters. The lowest BCUT2D eigenvalue weighted by Crippen LogP contribution is -2.45. The van der Waals surface area contributed by atoms with Crippen LogP contribution >= 0.6 is 11.3 Å². The van der Waals surface area contributed by atoms with Crippen LogP contribution in [0.4, 0.5) is 4.79 Å². The van der Waals surface area contributed by atoms with Crippen molar-refractivity contribution in [2.24, 2.45) is 7.05 Å². The Morgan fingerprint density at radius 1 is 1.42 bits per heavy atom. The molecule has 2 aromatic heterocycles. The Bertz CT molecular complexity index is 658. The maximum absolute atomic E-state index is 12.5. The van der Waals surface area contributed by atoms with Gasteiger partial charge in [-0.15, -0.1) is 11.3 Å². The average Bonchev–Trinajstić information content (AvgIpc) is 3.26. The van der Waals surface area contributed by atoms with Crippen LogP contribution in [-0.4, -0.2) is 34.1 Å². The van der Waals surface area contributed by atoms with Crippen molar-refractivity contribution in [1.82, 2.24) is 19.8 Å². The lowest BCUT2D eigenvalue weighted by atomic mass is 9.73. The standard InChI is InChI=1S/C18H26N4OS/c1-21-11-10-19-16(21)13-22(2)17(23)20-14-18(8-4-3-5-9-18)15-7-6-12-24-15/h6-7,10-12H,3-5,8-9,13-14H2,1-2H3,(H,20,23). The molecular formula is C18H26N4OS. The second-order valence-corrected chi connectivity index (χ2v) is 7.74. The number of nitrogens with one attached hydrogen (secondary N) is 1. The first kappa shape index (κ1) is 17.0. The fourth-order valence-corrected chi connectivity index (χ4v) is 4.52. The van der Waals surface area contributed by atoms with Crippen LogP contribution in [0.5, 0.6) is 0 Å². The van der Waals surface area contributed by atoms with E-state index >= 15 is 0 Å². The summed E-state index contributed by atoms with van der Waals surface area (Å²) in [7, 11) is 3.77. The first-order valence-corrected chi connectivity index (χ1v) is 9.48. The second kappa shape index (κ2) is 7.38. The quantitative estimate of drug-likeness (QED) is 0.900. The monoisotopic (exact) mass is 346 g/mol. The summed E-state index contributed by atoms with van der Waals surface area (Å²) in [5.74, 6) is 0.887. The van der Waals surface area contributed by atoms with E-state index in [1.807, 2.05) is 36.2 Å². The first-order chi connectivity index (χ1) is 11.6. The third kappa shape index (κ3) is 3.64. The Balaban J connectivity index is 1.62. The number of rotatable bonds is 5. The molecular weight excluding hydrogens is 320 g/mol. The summed E-state index contributed by atoms with van der Waals surface area (Å²) in [6, 6.07) is 4.31. The largest absolute Gasteiger partial charge is 0.337 e. The fraction of sp³-hybridized carbons (Fsp3) is 0.556. The molecule has 1 aliphatic carbocycles. The predicted molar refractivity (Wildman–Crippen MR) is 97.2 cm³/mol. The van der Waals surface area contributed by atoms with Crippen LogP contribution in [0.1, 0.15) is 42.8 Å². The third-order valence-corrected chi connectivity index (χ3v) is 6.20. The van der Waals surface area contributed by atoms with E-state index in [1.165, 1.54) is 24.1 Å². The molecule has 6 heteroatoms. The number of urea groups is 1. The number of nitrogens with zero attached hydrogens (tertiary/aromatic N) is 3. The Morgan fingerprint density at radius 2 is 2.21 bits per heavy atom. The SMILES string of the molecule is CN(Cc1nccn1C)C(=O)NCC1(c2cccs2)CCCCC1. The molecule has 0 aromatic carbocycles. The topological polar surface area (TPSA) is 50.2 Å². The molecule has 3 rings (SSSR count). The Labute approximate surface area is 147 Å². The number of hydrogen-bond donors (Lipinski definition) is 1. The Morgan fingerprint density at radius 3 is 2.83 bits per heavy atom. The van der Waals surface area contributed by atoms with E-state index in [0.717, 1.165) is 25.2 Å². The molecule has 0 saturated heterocycles. The van der Waals surface area contributed by atoms with Gasteiger partial charge in [0.2, 0.25) is 0 Å². The number of imidazole rings is 1. The van der Waals surface area contributed by atoms with Crippen LogP contribution in [0.2, 0.25) is 0 Å². The lowest BCUT2D eigenvalue weighted by molar-refractivity contribution is 0.197. The second-order valence-electron chi connectivity index (χ2n) is 6.79. The maximum atomic E-state index is 12.5. The van der Waals surface area contributed by atoms with Crippen molar-refractivity contribution in [1.29, 1.82) is 0 Å². The molecule has 5 nitrogen and oxygen atoms in total. The summed E-state index contributed by atoms with van der Waals surface area (Å²) >= 11 is 1.82. The molecule has 0 unspecified atom stereocenters. The fourth-order valence-electron chi connectivity index (χ4n) is 3.53. The average molecular weight is 347 g/mol. The van der Waals surface area contributed by atoms with Gasteiger partial charge >= 0.3 is 6.03 Å². The van der Waals surface area contributed by atoms with Gasteiger partial charge in [-0.2, -0.15) is 0 Å². The van der Waals surface area contributed by atoms with E-state index in [9.17, 15) is 4.79 Å². The molecule has 1 fully saturated rings. The summed E-state index contributed by atoms with van der Waals surface area (Å²) in [6.07, 6.45) is 9.78. The molecule has 130 valence electrons. The van der Waals surface area contributed by atoms with Gasteiger partial charge in [-0.1, -0.05) is 25.3 Å². The van der Waals surface area contributed by atoms with Crippen LogP contribution in [0.15, 0.2) is 29.9 Å². The third-order valence-electron chi connectivity index (χ3n) is 5.08. The highest BCUT2D eigenvalue weighted by Gasteiger charge is 2.35. The number of thiophene rings is 1. The minimum atomic E-state index is -0.0282. The van der Waals surface area contributed by atoms with Gasteiger partial charge in [0.1, 0.15) is 5.82 Å². The van der Waals surface area contributed by atoms with E-state index < -0.39 is 0 Å². The molecule has 0 spiro atoms. The number of amides is 2. The van der Waals surface area contributed by atoms with Gasteiger partial charge in [0.05, 0.1) is 6.54 Å². The molecule has 2 amide bonds. The van der Waals surface area contributed by atoms with Crippen LogP contribution in [0.25, 0.3) is 0 Å². The van der Waals surface area contributed by atoms with Crippen molar-refractivity contribution in [3.8, 4) is 0 Å². The molecule has 1 N–H and O–H groups in total. The summed E-state index contributed by atoms with van der Waals surface area (Å²) in [5.41, 5.74) is 0.117. The van der Waals surface area contributed by atoms with Crippen LogP contribution < -0.4 is 5.32 Å². The van der Waals surface area contributed by atoms with Gasteiger partial charge in [0.25, 0.3) is 0 Å². The molecule has 1 aliphatic rings. The zero-order chi connectivity index (χ0) is 17.0. The first-order valence-electron chi connectivity index (χ1n) is 8.60. The van der Waals surface area contributed by atoms with Gasteiger partial charge in [0.15, 0.2) is 0 Å². The van der Waals surface area contributed by atoms with Crippen molar-refractivity contribution in [2.75, 3.05) is 13.6 Å². The molecule has 0 radical (unpaired) electrons. The van der Waals surface area contributed by atoms with Gasteiger partial charge < -0.3 is 14.8 Å². The molecule has 2 aromatic rings. The molecule has 0 bridgehead atoms. The summed E-state index contributed by atoms with van der Waals surface area (Å²) in [6.45, 7) is 1.23. The highest BCUT2D eigenvalue weighted by Crippen LogP contribution is 2.41. The summed E-state index contributed by atoms with van der Waals surface area (Å²) in [4.78, 5) is 19.9. The van der Waals surface area contributed by atoms with Crippen LogP contribution in [0, 0.1) is 0 Å². The van der Waals surface area contributed by atoms with Crippen LogP contribution in [0.3, 0.4) is 0 Å². The van der Waals surface area contributed by atoms with Gasteiger partial charge in [-0.25, -0.2) is 9.78 Å². The minimum absolute atomic E-state index is 0.0282. The summed E-state index contributed by atoms with van der Waals surface area (Å²) in [5, 5.41) is 5.31. The van der Waals surface area contributed by atoms with E-state index in [4.69, 9.17) is 0 Å². The van der Waals surface area contributed by atoms with E-state index in [0.29, 0.717) is 6.54 Å². The molecule has 1 saturated carbocycles. The number of carbonyl (C=O) groups is 1. The number of carbonyl (C=O) groups excluding carboxylic acids is 1. The predicted octanol–water partition coefficient (Wildman–Crippen LogP) is 3.53. The lowest BCUT2D eigenvalue weighted by Gasteiger charge is -2.37. The highest BCUT2D eigenvalue weighted by molar-refractivity contribution is 7.10. The van der Waals surface area contributed by atoms with Gasteiger partial charge in [-0.05, 0) is 24.3 Å². The van der Waals surface area contributed by atoms with E-state index in [-0.39, 0.29) is 11.4 Å². The van der Waals surface area contributed by atoms with Gasteiger partial charge in [-0.3, -0.25) is 0 Å². The molecule has 0 aliphatic heterocycles. The zero-order valence-electron chi connectivity index (χ0n) is 14.5. The van der Waals surface area contributed by atoms with Gasteiger partial charge in [0, 0.05) is 43.3 Å². The maximum Gasteiger partial charge on any atom is 0.317 e. The zero-order valence-corrected chi connectivity index (χ0v) is 15.3. The molecule has 24 heavy (non-hydrogen) atoms. The number of aryl methyl sites for hydroxylation is 1. The van der Waals surface area contributed by atoms with Crippen molar-refractivity contribution in [2.45, 2.75) is 44.1 Å². The minimum Gasteiger partial charge on any atom is -0.337 e.